The molecule has 0 fully saturated rings. The molecule has 0 atom stereocenters. The maximum Gasteiger partial charge on any atom is 0.134 e. The van der Waals surface area contributed by atoms with Crippen molar-refractivity contribution < 1.29 is 4.74 Å². The lowest BCUT2D eigenvalue weighted by Crippen LogP contribution is -2.17. The maximum atomic E-state index is 6.07. The van der Waals surface area contributed by atoms with Crippen LogP contribution < -0.4 is 4.74 Å². The molecule has 0 aromatic heterocycles. The van der Waals surface area contributed by atoms with Crippen LogP contribution in [0.2, 0.25) is 0 Å². The standard InChI is InChI=1S/C23H31BrO/c1-4-5-6-7-11-16-23(2,3)20-14-15-21(24)22(17-20)25-18-19-12-9-8-10-13-19/h8-10,12-15,17H,4-7,11,16,18H2,1-3H3. The predicted molar refractivity (Wildman–Crippen MR) is 111 cm³/mol. The zero-order chi connectivity index (χ0) is 18.1. The van der Waals surface area contributed by atoms with Crippen LogP contribution in [0, 0.1) is 0 Å². The van der Waals surface area contributed by atoms with Crippen molar-refractivity contribution in [1.82, 2.24) is 0 Å². The van der Waals surface area contributed by atoms with Gasteiger partial charge >= 0.3 is 0 Å². The van der Waals surface area contributed by atoms with E-state index in [1.54, 1.807) is 0 Å². The zero-order valence-electron chi connectivity index (χ0n) is 15.9. The second-order valence-electron chi connectivity index (χ2n) is 7.47. The molecule has 0 spiro atoms. The minimum atomic E-state index is 0.178. The summed E-state index contributed by atoms with van der Waals surface area (Å²) in [6, 6.07) is 16.9. The zero-order valence-corrected chi connectivity index (χ0v) is 17.4. The number of hydrogen-bond acceptors (Lipinski definition) is 1. The molecule has 2 heteroatoms. The second-order valence-corrected chi connectivity index (χ2v) is 8.32. The minimum absolute atomic E-state index is 0.178. The first-order valence-corrected chi connectivity index (χ1v) is 10.3. The van der Waals surface area contributed by atoms with Crippen LogP contribution in [0.4, 0.5) is 0 Å². The quantitative estimate of drug-likeness (QED) is 0.370. The first-order valence-electron chi connectivity index (χ1n) is 9.49. The Balaban J connectivity index is 1.98. The SMILES string of the molecule is CCCCCCCC(C)(C)c1ccc(Br)c(OCc2ccccc2)c1. The first kappa shape index (κ1) is 20.0. The summed E-state index contributed by atoms with van der Waals surface area (Å²) in [6.45, 7) is 7.55. The van der Waals surface area contributed by atoms with Gasteiger partial charge in [-0.25, -0.2) is 0 Å². The Morgan fingerprint density at radius 3 is 2.36 bits per heavy atom. The number of ether oxygens (including phenoxy) is 1. The van der Waals surface area contributed by atoms with Gasteiger partial charge in [-0.15, -0.1) is 0 Å². The normalized spacial score (nSPS) is 11.5. The van der Waals surface area contributed by atoms with E-state index in [1.807, 2.05) is 18.2 Å². The van der Waals surface area contributed by atoms with Gasteiger partial charge in [0, 0.05) is 0 Å². The van der Waals surface area contributed by atoms with Crippen LogP contribution in [0.1, 0.15) is 70.4 Å². The first-order chi connectivity index (χ1) is 12.0. The van der Waals surface area contributed by atoms with E-state index in [0.29, 0.717) is 6.61 Å². The summed E-state index contributed by atoms with van der Waals surface area (Å²) in [5, 5.41) is 0. The number of hydrogen-bond donors (Lipinski definition) is 0. The van der Waals surface area contributed by atoms with E-state index in [1.165, 1.54) is 49.7 Å². The largest absolute Gasteiger partial charge is 0.488 e. The monoisotopic (exact) mass is 402 g/mol. The van der Waals surface area contributed by atoms with Crippen molar-refractivity contribution in [3.05, 3.63) is 64.1 Å². The van der Waals surface area contributed by atoms with Gasteiger partial charge in [0.05, 0.1) is 4.47 Å². The molecule has 0 N–H and O–H groups in total. The molecule has 0 unspecified atom stereocenters. The van der Waals surface area contributed by atoms with Crippen molar-refractivity contribution in [3.63, 3.8) is 0 Å². The Morgan fingerprint density at radius 2 is 1.64 bits per heavy atom. The Hall–Kier alpha value is -1.28. The molecule has 0 bridgehead atoms. The average Bonchev–Trinajstić information content (AvgIpc) is 2.61. The molecule has 0 aliphatic rings. The van der Waals surface area contributed by atoms with E-state index in [2.05, 4.69) is 67.0 Å². The topological polar surface area (TPSA) is 9.23 Å². The van der Waals surface area contributed by atoms with Crippen LogP contribution in [0.25, 0.3) is 0 Å². The van der Waals surface area contributed by atoms with Gasteiger partial charge in [-0.3, -0.25) is 0 Å². The molecular weight excluding hydrogens is 372 g/mol. The maximum absolute atomic E-state index is 6.07. The molecule has 0 amide bonds. The molecule has 0 aliphatic carbocycles. The van der Waals surface area contributed by atoms with E-state index in [0.717, 1.165) is 10.2 Å². The van der Waals surface area contributed by atoms with Crippen LogP contribution in [0.5, 0.6) is 5.75 Å². The second kappa shape index (κ2) is 10.0. The lowest BCUT2D eigenvalue weighted by Gasteiger charge is -2.26. The highest BCUT2D eigenvalue weighted by molar-refractivity contribution is 9.10. The van der Waals surface area contributed by atoms with Gasteiger partial charge in [0.15, 0.2) is 0 Å². The lowest BCUT2D eigenvalue weighted by atomic mass is 9.80. The molecule has 2 aromatic carbocycles. The van der Waals surface area contributed by atoms with Crippen LogP contribution in [-0.4, -0.2) is 0 Å². The summed E-state index contributed by atoms with van der Waals surface area (Å²) in [5.41, 5.74) is 2.72. The van der Waals surface area contributed by atoms with E-state index < -0.39 is 0 Å². The van der Waals surface area contributed by atoms with Crippen molar-refractivity contribution in [1.29, 1.82) is 0 Å². The van der Waals surface area contributed by atoms with Gasteiger partial charge in [0.1, 0.15) is 12.4 Å². The molecule has 0 saturated carbocycles. The minimum Gasteiger partial charge on any atom is -0.488 e. The molecule has 2 rings (SSSR count). The summed E-state index contributed by atoms with van der Waals surface area (Å²) in [7, 11) is 0. The van der Waals surface area contributed by atoms with Crippen molar-refractivity contribution in [2.45, 2.75) is 71.3 Å². The molecule has 0 aliphatic heterocycles. The third-order valence-electron chi connectivity index (χ3n) is 4.86. The lowest BCUT2D eigenvalue weighted by molar-refractivity contribution is 0.303. The highest BCUT2D eigenvalue weighted by Gasteiger charge is 2.21. The van der Waals surface area contributed by atoms with Gasteiger partial charge in [0.2, 0.25) is 0 Å². The molecular formula is C23H31BrO. The Bertz CT molecular complexity index is 634. The molecule has 2 aromatic rings. The number of halogens is 1. The predicted octanol–water partition coefficient (Wildman–Crippen LogP) is 7.67. The van der Waals surface area contributed by atoms with E-state index in [9.17, 15) is 0 Å². The summed E-state index contributed by atoms with van der Waals surface area (Å²) < 4.78 is 7.09. The molecule has 25 heavy (non-hydrogen) atoms. The van der Waals surface area contributed by atoms with Crippen LogP contribution in [-0.2, 0) is 12.0 Å². The Morgan fingerprint density at radius 1 is 0.920 bits per heavy atom. The summed E-state index contributed by atoms with van der Waals surface area (Å²) in [4.78, 5) is 0. The molecule has 1 nitrogen and oxygen atoms in total. The number of benzene rings is 2. The van der Waals surface area contributed by atoms with E-state index >= 15 is 0 Å². The fourth-order valence-corrected chi connectivity index (χ4v) is 3.45. The molecule has 0 saturated heterocycles. The van der Waals surface area contributed by atoms with E-state index in [-0.39, 0.29) is 5.41 Å². The number of unbranched alkanes of at least 4 members (excludes halogenated alkanes) is 4. The fourth-order valence-electron chi connectivity index (χ4n) is 3.09. The van der Waals surface area contributed by atoms with Gasteiger partial charge in [-0.1, -0.05) is 89.3 Å². The average molecular weight is 403 g/mol. The van der Waals surface area contributed by atoms with Crippen LogP contribution in [0.3, 0.4) is 0 Å². The summed E-state index contributed by atoms with van der Waals surface area (Å²) in [6.07, 6.45) is 7.87. The van der Waals surface area contributed by atoms with Crippen molar-refractivity contribution in [2.24, 2.45) is 0 Å². The molecule has 0 heterocycles. The molecule has 136 valence electrons. The summed E-state index contributed by atoms with van der Waals surface area (Å²) >= 11 is 3.63. The van der Waals surface area contributed by atoms with Gasteiger partial charge in [0.25, 0.3) is 0 Å². The summed E-state index contributed by atoms with van der Waals surface area (Å²) in [5.74, 6) is 0.931. The fraction of sp³-hybridized carbons (Fsp3) is 0.478. The van der Waals surface area contributed by atoms with Crippen LogP contribution >= 0.6 is 15.9 Å². The number of rotatable bonds is 10. The third-order valence-corrected chi connectivity index (χ3v) is 5.51. The van der Waals surface area contributed by atoms with Crippen molar-refractivity contribution in [2.75, 3.05) is 0 Å². The smallest absolute Gasteiger partial charge is 0.134 e. The third kappa shape index (κ3) is 6.51. The Labute approximate surface area is 161 Å². The highest BCUT2D eigenvalue weighted by atomic mass is 79.9. The van der Waals surface area contributed by atoms with Gasteiger partial charge < -0.3 is 4.74 Å². The van der Waals surface area contributed by atoms with Crippen LogP contribution in [0.15, 0.2) is 53.0 Å². The van der Waals surface area contributed by atoms with Gasteiger partial charge in [-0.05, 0) is 51.0 Å². The van der Waals surface area contributed by atoms with Crippen molar-refractivity contribution in [3.8, 4) is 5.75 Å². The van der Waals surface area contributed by atoms with Gasteiger partial charge in [-0.2, -0.15) is 0 Å². The highest BCUT2D eigenvalue weighted by Crippen LogP contribution is 2.35. The van der Waals surface area contributed by atoms with E-state index in [4.69, 9.17) is 4.74 Å². The molecule has 0 radical (unpaired) electrons. The van der Waals surface area contributed by atoms with Crippen molar-refractivity contribution >= 4 is 15.9 Å². The Kier molecular flexibility index (Phi) is 8.02.